The van der Waals surface area contributed by atoms with Gasteiger partial charge in [-0.3, -0.25) is 0 Å². The van der Waals surface area contributed by atoms with Crippen LogP contribution in [0.15, 0.2) is 34.7 Å². The highest BCUT2D eigenvalue weighted by molar-refractivity contribution is 6.28. The van der Waals surface area contributed by atoms with E-state index in [1.165, 1.54) is 18.2 Å². The fourth-order valence-electron chi connectivity index (χ4n) is 1.91. The van der Waals surface area contributed by atoms with Crippen LogP contribution in [0, 0.1) is 11.6 Å². The quantitative estimate of drug-likeness (QED) is 0.909. The summed E-state index contributed by atoms with van der Waals surface area (Å²) in [6.07, 6.45) is -1.16. The van der Waals surface area contributed by atoms with E-state index in [9.17, 15) is 13.9 Å². The van der Waals surface area contributed by atoms with Crippen LogP contribution in [0.3, 0.4) is 0 Å². The van der Waals surface area contributed by atoms with Gasteiger partial charge in [0.2, 0.25) is 0 Å². The maximum Gasteiger partial charge on any atom is 0.193 e. The smallest absolute Gasteiger partial charge is 0.193 e. The molecule has 0 aliphatic heterocycles. The lowest BCUT2D eigenvalue weighted by Crippen LogP contribution is -2.21. The standard InChI is InChI=1S/C13H12ClF2NO2/c14-12-4-3-11(19-12)13(18)9(6-17)8-2-1-7(15)5-10(8)16/h1-5,9,13,18H,6,17H2. The molecule has 2 aromatic rings. The zero-order valence-electron chi connectivity index (χ0n) is 9.82. The van der Waals surface area contributed by atoms with Gasteiger partial charge in [-0.05, 0) is 35.4 Å². The monoisotopic (exact) mass is 287 g/mol. The summed E-state index contributed by atoms with van der Waals surface area (Å²) in [4.78, 5) is 0. The maximum absolute atomic E-state index is 13.7. The molecule has 19 heavy (non-hydrogen) atoms. The first-order valence-corrected chi connectivity index (χ1v) is 5.99. The van der Waals surface area contributed by atoms with Crippen LogP contribution >= 0.6 is 11.6 Å². The van der Waals surface area contributed by atoms with Crippen molar-refractivity contribution in [3.63, 3.8) is 0 Å². The Morgan fingerprint density at radius 1 is 1.26 bits per heavy atom. The van der Waals surface area contributed by atoms with Crippen molar-refractivity contribution in [2.45, 2.75) is 12.0 Å². The molecule has 3 N–H and O–H groups in total. The Kier molecular flexibility index (Phi) is 4.19. The van der Waals surface area contributed by atoms with Crippen LogP contribution in [0.25, 0.3) is 0 Å². The van der Waals surface area contributed by atoms with E-state index in [1.807, 2.05) is 0 Å². The molecule has 1 aromatic carbocycles. The molecular formula is C13H12ClF2NO2. The first-order chi connectivity index (χ1) is 9.02. The van der Waals surface area contributed by atoms with Crippen molar-refractivity contribution < 1.29 is 18.3 Å². The summed E-state index contributed by atoms with van der Waals surface area (Å²) >= 11 is 5.62. The predicted octanol–water partition coefficient (Wildman–Crippen LogP) is 2.99. The molecule has 1 aromatic heterocycles. The third-order valence-corrected chi connectivity index (χ3v) is 3.09. The largest absolute Gasteiger partial charge is 0.447 e. The van der Waals surface area contributed by atoms with Gasteiger partial charge in [-0.2, -0.15) is 0 Å². The van der Waals surface area contributed by atoms with E-state index < -0.39 is 23.7 Å². The van der Waals surface area contributed by atoms with Crippen molar-refractivity contribution in [3.8, 4) is 0 Å². The van der Waals surface area contributed by atoms with Crippen molar-refractivity contribution in [1.82, 2.24) is 0 Å². The van der Waals surface area contributed by atoms with Crippen molar-refractivity contribution >= 4 is 11.6 Å². The SMILES string of the molecule is NCC(c1ccc(F)cc1F)C(O)c1ccc(Cl)o1. The number of benzene rings is 1. The van der Waals surface area contributed by atoms with Gasteiger partial charge in [0.05, 0.1) is 0 Å². The number of nitrogens with two attached hydrogens (primary N) is 1. The normalized spacial score (nSPS) is 14.4. The van der Waals surface area contributed by atoms with E-state index >= 15 is 0 Å². The number of aliphatic hydroxyl groups is 1. The molecule has 0 aliphatic carbocycles. The fraction of sp³-hybridized carbons (Fsp3) is 0.231. The number of furan rings is 1. The van der Waals surface area contributed by atoms with Crippen molar-refractivity contribution in [1.29, 1.82) is 0 Å². The molecule has 2 unspecified atom stereocenters. The Morgan fingerprint density at radius 3 is 2.53 bits per heavy atom. The van der Waals surface area contributed by atoms with Crippen molar-refractivity contribution in [2.24, 2.45) is 5.73 Å². The number of hydrogen-bond acceptors (Lipinski definition) is 3. The molecule has 102 valence electrons. The minimum atomic E-state index is -1.16. The van der Waals surface area contributed by atoms with Gasteiger partial charge in [0.25, 0.3) is 0 Å². The molecule has 0 spiro atoms. The van der Waals surface area contributed by atoms with Crippen LogP contribution in [-0.2, 0) is 0 Å². The average Bonchev–Trinajstić information content (AvgIpc) is 2.79. The third kappa shape index (κ3) is 2.94. The first kappa shape index (κ1) is 14.0. The van der Waals surface area contributed by atoms with Gasteiger partial charge in [-0.25, -0.2) is 8.78 Å². The minimum absolute atomic E-state index is 0.0258. The van der Waals surface area contributed by atoms with Crippen molar-refractivity contribution in [3.05, 3.63) is 58.5 Å². The lowest BCUT2D eigenvalue weighted by Gasteiger charge is -2.20. The summed E-state index contributed by atoms with van der Waals surface area (Å²) in [5.74, 6) is -2.01. The molecule has 6 heteroatoms. The Morgan fingerprint density at radius 2 is 2.00 bits per heavy atom. The Balaban J connectivity index is 2.33. The molecule has 1 heterocycles. The lowest BCUT2D eigenvalue weighted by molar-refractivity contribution is 0.120. The summed E-state index contributed by atoms with van der Waals surface area (Å²) in [7, 11) is 0. The highest BCUT2D eigenvalue weighted by atomic mass is 35.5. The van der Waals surface area contributed by atoms with Gasteiger partial charge in [0.1, 0.15) is 23.5 Å². The van der Waals surface area contributed by atoms with Crippen LogP contribution in [0.4, 0.5) is 8.78 Å². The topological polar surface area (TPSA) is 59.4 Å². The van der Waals surface area contributed by atoms with Crippen molar-refractivity contribution in [2.75, 3.05) is 6.54 Å². The number of aliphatic hydroxyl groups excluding tert-OH is 1. The van der Waals surface area contributed by atoms with Crippen LogP contribution in [0.5, 0.6) is 0 Å². The molecule has 0 saturated heterocycles. The molecule has 0 aliphatic rings. The fourth-order valence-corrected chi connectivity index (χ4v) is 2.07. The molecule has 2 rings (SSSR count). The van der Waals surface area contributed by atoms with Crippen LogP contribution in [0.1, 0.15) is 23.3 Å². The molecule has 0 radical (unpaired) electrons. The molecule has 0 fully saturated rings. The molecule has 0 amide bonds. The predicted molar refractivity (Wildman–Crippen MR) is 66.8 cm³/mol. The second-order valence-electron chi connectivity index (χ2n) is 4.09. The summed E-state index contributed by atoms with van der Waals surface area (Å²) in [6, 6.07) is 6.07. The van der Waals surface area contributed by atoms with Crippen LogP contribution < -0.4 is 5.73 Å². The van der Waals surface area contributed by atoms with Gasteiger partial charge >= 0.3 is 0 Å². The molecule has 0 bridgehead atoms. The summed E-state index contributed by atoms with van der Waals surface area (Å²) in [5, 5.41) is 10.3. The Labute approximate surface area is 113 Å². The average molecular weight is 288 g/mol. The van der Waals surface area contributed by atoms with E-state index in [2.05, 4.69) is 0 Å². The molecule has 2 atom stereocenters. The van der Waals surface area contributed by atoms with Gasteiger partial charge in [-0.15, -0.1) is 0 Å². The van der Waals surface area contributed by atoms with Crippen LogP contribution in [-0.4, -0.2) is 11.7 Å². The summed E-state index contributed by atoms with van der Waals surface area (Å²) < 4.78 is 31.7. The van der Waals surface area contributed by atoms with E-state index in [0.717, 1.165) is 12.1 Å². The molecule has 0 saturated carbocycles. The van der Waals surface area contributed by atoms with E-state index in [1.54, 1.807) is 0 Å². The van der Waals surface area contributed by atoms with E-state index in [0.29, 0.717) is 0 Å². The molecule has 3 nitrogen and oxygen atoms in total. The summed E-state index contributed by atoms with van der Waals surface area (Å²) in [5.41, 5.74) is 5.69. The summed E-state index contributed by atoms with van der Waals surface area (Å²) in [6.45, 7) is -0.0258. The van der Waals surface area contributed by atoms with E-state index in [4.69, 9.17) is 21.8 Å². The van der Waals surface area contributed by atoms with Crippen LogP contribution in [0.2, 0.25) is 5.22 Å². The first-order valence-electron chi connectivity index (χ1n) is 5.61. The minimum Gasteiger partial charge on any atom is -0.447 e. The Bertz CT molecular complexity index is 574. The second kappa shape index (κ2) is 5.69. The zero-order chi connectivity index (χ0) is 14.0. The van der Waals surface area contributed by atoms with Gasteiger partial charge in [0, 0.05) is 18.5 Å². The number of hydrogen-bond donors (Lipinski definition) is 2. The number of halogens is 3. The number of rotatable bonds is 4. The highest BCUT2D eigenvalue weighted by Crippen LogP contribution is 2.33. The van der Waals surface area contributed by atoms with Gasteiger partial charge < -0.3 is 15.3 Å². The second-order valence-corrected chi connectivity index (χ2v) is 4.47. The maximum atomic E-state index is 13.7. The third-order valence-electron chi connectivity index (χ3n) is 2.88. The zero-order valence-corrected chi connectivity index (χ0v) is 10.6. The van der Waals surface area contributed by atoms with E-state index in [-0.39, 0.29) is 23.1 Å². The van der Waals surface area contributed by atoms with Gasteiger partial charge in [-0.1, -0.05) is 6.07 Å². The van der Waals surface area contributed by atoms with Gasteiger partial charge in [0.15, 0.2) is 5.22 Å². The Hall–Kier alpha value is -1.43. The molecular weight excluding hydrogens is 276 g/mol. The highest BCUT2D eigenvalue weighted by Gasteiger charge is 2.26. The lowest BCUT2D eigenvalue weighted by atomic mass is 9.91.